The SMILES string of the molecule is COC(=O)C[C@@H]1C[C@@H](COc2ccc(-c3ccc(C(=N)N)cc3)cc2)N(CCNC(=O)c2ccccc2)C1=O.Cl. The van der Waals surface area contributed by atoms with Gasteiger partial charge in [-0.25, -0.2) is 0 Å². The summed E-state index contributed by atoms with van der Waals surface area (Å²) in [6, 6.07) is 23.7. The van der Waals surface area contributed by atoms with Gasteiger partial charge in [0.15, 0.2) is 0 Å². The minimum Gasteiger partial charge on any atom is -0.491 e. The van der Waals surface area contributed by atoms with Gasteiger partial charge in [-0.05, 0) is 41.8 Å². The van der Waals surface area contributed by atoms with E-state index in [2.05, 4.69) is 5.32 Å². The molecule has 0 radical (unpaired) electrons. The molecule has 1 aliphatic heterocycles. The first-order chi connectivity index (χ1) is 18.9. The number of ether oxygens (including phenoxy) is 2. The molecule has 1 heterocycles. The minimum absolute atomic E-state index is 0. The third kappa shape index (κ3) is 7.60. The Morgan fingerprint density at radius 3 is 2.20 bits per heavy atom. The summed E-state index contributed by atoms with van der Waals surface area (Å²) in [5, 5.41) is 10.4. The van der Waals surface area contributed by atoms with E-state index in [0.29, 0.717) is 29.8 Å². The van der Waals surface area contributed by atoms with E-state index in [9.17, 15) is 14.4 Å². The van der Waals surface area contributed by atoms with Crippen molar-refractivity contribution < 1.29 is 23.9 Å². The van der Waals surface area contributed by atoms with Crippen molar-refractivity contribution >= 4 is 36.0 Å². The third-order valence-corrected chi connectivity index (χ3v) is 6.77. The van der Waals surface area contributed by atoms with E-state index in [-0.39, 0.29) is 55.7 Å². The normalized spacial score (nSPS) is 16.1. The summed E-state index contributed by atoms with van der Waals surface area (Å²) in [7, 11) is 1.31. The lowest BCUT2D eigenvalue weighted by molar-refractivity contribution is -0.144. The first kappa shape index (κ1) is 30.2. The van der Waals surface area contributed by atoms with Gasteiger partial charge >= 0.3 is 5.97 Å². The number of hydrogen-bond donors (Lipinski definition) is 3. The number of benzene rings is 3. The highest BCUT2D eigenvalue weighted by Gasteiger charge is 2.40. The molecule has 0 spiro atoms. The molecule has 0 aromatic heterocycles. The average molecular weight is 565 g/mol. The molecule has 0 bridgehead atoms. The van der Waals surface area contributed by atoms with Crippen LogP contribution in [0.2, 0.25) is 0 Å². The molecule has 0 saturated carbocycles. The zero-order chi connectivity index (χ0) is 27.8. The van der Waals surface area contributed by atoms with Crippen molar-refractivity contribution in [3.8, 4) is 16.9 Å². The van der Waals surface area contributed by atoms with Gasteiger partial charge < -0.3 is 25.4 Å². The van der Waals surface area contributed by atoms with Crippen LogP contribution in [0.4, 0.5) is 0 Å². The molecular formula is C30H33ClN4O5. The first-order valence-electron chi connectivity index (χ1n) is 12.7. The highest BCUT2D eigenvalue weighted by atomic mass is 35.5. The molecule has 40 heavy (non-hydrogen) atoms. The largest absolute Gasteiger partial charge is 0.491 e. The summed E-state index contributed by atoms with van der Waals surface area (Å²) in [6.45, 7) is 0.832. The molecule has 9 nitrogen and oxygen atoms in total. The number of likely N-dealkylation sites (tertiary alicyclic amines) is 1. The van der Waals surface area contributed by atoms with Crippen LogP contribution in [0, 0.1) is 11.3 Å². The molecule has 0 aliphatic carbocycles. The third-order valence-electron chi connectivity index (χ3n) is 6.77. The van der Waals surface area contributed by atoms with Crippen molar-refractivity contribution in [3.63, 3.8) is 0 Å². The number of carbonyl (C=O) groups excluding carboxylic acids is 3. The minimum atomic E-state index is -0.490. The molecule has 1 aliphatic rings. The van der Waals surface area contributed by atoms with Crippen molar-refractivity contribution in [3.05, 3.63) is 90.0 Å². The van der Waals surface area contributed by atoms with Crippen molar-refractivity contribution in [1.29, 1.82) is 5.41 Å². The maximum atomic E-state index is 13.1. The Bertz CT molecular complexity index is 1320. The number of methoxy groups -OCH3 is 1. The number of carbonyl (C=O) groups is 3. The van der Waals surface area contributed by atoms with Gasteiger partial charge in [-0.2, -0.15) is 0 Å². The molecule has 4 rings (SSSR count). The van der Waals surface area contributed by atoms with Gasteiger partial charge in [0.05, 0.1) is 25.5 Å². The van der Waals surface area contributed by atoms with Gasteiger partial charge in [0, 0.05) is 24.2 Å². The van der Waals surface area contributed by atoms with E-state index in [0.717, 1.165) is 11.1 Å². The Kier molecular flexibility index (Phi) is 10.7. The number of nitrogens with one attached hydrogen (secondary N) is 2. The van der Waals surface area contributed by atoms with Gasteiger partial charge in [-0.15, -0.1) is 12.4 Å². The number of nitrogens with zero attached hydrogens (tertiary/aromatic N) is 1. The Morgan fingerprint density at radius 1 is 0.975 bits per heavy atom. The van der Waals surface area contributed by atoms with E-state index in [4.69, 9.17) is 20.6 Å². The van der Waals surface area contributed by atoms with Gasteiger partial charge in [0.2, 0.25) is 5.91 Å². The zero-order valence-electron chi connectivity index (χ0n) is 22.2. The molecular weight excluding hydrogens is 532 g/mol. The van der Waals surface area contributed by atoms with Crippen LogP contribution in [0.15, 0.2) is 78.9 Å². The topological polar surface area (TPSA) is 135 Å². The lowest BCUT2D eigenvalue weighted by Crippen LogP contribution is -2.42. The fourth-order valence-electron chi connectivity index (χ4n) is 4.64. The maximum Gasteiger partial charge on any atom is 0.306 e. The molecule has 4 N–H and O–H groups in total. The summed E-state index contributed by atoms with van der Waals surface area (Å²) in [4.78, 5) is 39.1. The lowest BCUT2D eigenvalue weighted by Gasteiger charge is -2.25. The van der Waals surface area contributed by atoms with Crippen LogP contribution in [0.3, 0.4) is 0 Å². The lowest BCUT2D eigenvalue weighted by atomic mass is 10.0. The van der Waals surface area contributed by atoms with E-state index < -0.39 is 11.9 Å². The van der Waals surface area contributed by atoms with E-state index in [1.165, 1.54) is 7.11 Å². The number of hydrogen-bond acceptors (Lipinski definition) is 6. The molecule has 210 valence electrons. The van der Waals surface area contributed by atoms with Crippen molar-refractivity contribution in [2.45, 2.75) is 18.9 Å². The zero-order valence-corrected chi connectivity index (χ0v) is 23.0. The second-order valence-electron chi connectivity index (χ2n) is 9.35. The highest BCUT2D eigenvalue weighted by molar-refractivity contribution is 5.95. The second-order valence-corrected chi connectivity index (χ2v) is 9.35. The number of nitrogen functional groups attached to an aromatic ring is 1. The van der Waals surface area contributed by atoms with Gasteiger partial charge in [0.1, 0.15) is 18.2 Å². The van der Waals surface area contributed by atoms with Crippen molar-refractivity contribution in [1.82, 2.24) is 10.2 Å². The molecule has 1 fully saturated rings. The summed E-state index contributed by atoms with van der Waals surface area (Å²) in [5.74, 6) is -0.600. The smallest absolute Gasteiger partial charge is 0.306 e. The number of amidine groups is 1. The Labute approximate surface area is 239 Å². The number of rotatable bonds is 11. The van der Waals surface area contributed by atoms with Crippen LogP contribution in [-0.4, -0.2) is 61.4 Å². The Hall–Kier alpha value is -4.37. The molecule has 2 amide bonds. The van der Waals surface area contributed by atoms with Crippen molar-refractivity contribution in [2.24, 2.45) is 11.7 Å². The molecule has 2 atom stereocenters. The fourth-order valence-corrected chi connectivity index (χ4v) is 4.64. The fraction of sp³-hybridized carbons (Fsp3) is 0.267. The summed E-state index contributed by atoms with van der Waals surface area (Å²) >= 11 is 0. The second kappa shape index (κ2) is 14.1. The molecule has 10 heteroatoms. The predicted molar refractivity (Wildman–Crippen MR) is 155 cm³/mol. The van der Waals surface area contributed by atoms with Crippen LogP contribution < -0.4 is 15.8 Å². The van der Waals surface area contributed by atoms with Gasteiger partial charge in [-0.3, -0.25) is 19.8 Å². The molecule has 3 aromatic rings. The van der Waals surface area contributed by atoms with Gasteiger partial charge in [0.25, 0.3) is 5.91 Å². The maximum absolute atomic E-state index is 13.1. The average Bonchev–Trinajstić information content (AvgIpc) is 3.26. The molecule has 3 aromatic carbocycles. The summed E-state index contributed by atoms with van der Waals surface area (Å²) < 4.78 is 10.8. The van der Waals surface area contributed by atoms with Crippen LogP contribution in [-0.2, 0) is 14.3 Å². The molecule has 0 unspecified atom stereocenters. The quantitative estimate of drug-likeness (QED) is 0.185. The highest BCUT2D eigenvalue weighted by Crippen LogP contribution is 2.29. The van der Waals surface area contributed by atoms with Crippen LogP contribution in [0.1, 0.15) is 28.8 Å². The number of nitrogens with two attached hydrogens (primary N) is 1. The van der Waals surface area contributed by atoms with E-state index >= 15 is 0 Å². The first-order valence-corrected chi connectivity index (χ1v) is 12.7. The van der Waals surface area contributed by atoms with Crippen LogP contribution in [0.25, 0.3) is 11.1 Å². The number of halogens is 1. The van der Waals surface area contributed by atoms with Gasteiger partial charge in [-0.1, -0.05) is 54.6 Å². The van der Waals surface area contributed by atoms with E-state index in [1.807, 2.05) is 42.5 Å². The predicted octanol–water partition coefficient (Wildman–Crippen LogP) is 3.65. The van der Waals surface area contributed by atoms with E-state index in [1.54, 1.807) is 41.3 Å². The number of esters is 1. The van der Waals surface area contributed by atoms with Crippen LogP contribution in [0.5, 0.6) is 5.75 Å². The monoisotopic (exact) mass is 564 g/mol. The van der Waals surface area contributed by atoms with Crippen LogP contribution >= 0.6 is 12.4 Å². The standard InChI is InChI=1S/C30H32N4O5.ClH/c1-38-27(35)18-24-17-25(34(30(24)37)16-15-33-29(36)23-5-3-2-4-6-23)19-39-26-13-11-21(12-14-26)20-7-9-22(10-8-20)28(31)32;/h2-14,24-25H,15-19H2,1H3,(H3,31,32)(H,33,36);1H/t24-,25-;/m0./s1. The Morgan fingerprint density at radius 2 is 1.60 bits per heavy atom. The number of amides is 2. The summed E-state index contributed by atoms with van der Waals surface area (Å²) in [5.41, 5.74) is 8.72. The molecule has 1 saturated heterocycles. The van der Waals surface area contributed by atoms with Crippen molar-refractivity contribution in [2.75, 3.05) is 26.8 Å². The Balaban J connectivity index is 0.00000441. The summed E-state index contributed by atoms with van der Waals surface area (Å²) in [6.07, 6.45) is 0.469.